The third kappa shape index (κ3) is 5.67. The molecule has 51 heavy (non-hydrogen) atoms. The lowest BCUT2D eigenvalue weighted by Crippen LogP contribution is -2.78. The molecule has 0 saturated heterocycles. The number of aryl methyl sites for hydroxylation is 1. The van der Waals surface area contributed by atoms with Crippen LogP contribution in [0.4, 0.5) is 28.0 Å². The Morgan fingerprint density at radius 2 is 1.75 bits per heavy atom. The molecule has 266 valence electrons. The molecule has 3 aliphatic carbocycles. The highest BCUT2D eigenvalue weighted by Crippen LogP contribution is 2.60. The molecule has 1 unspecified atom stereocenters. The Hall–Kier alpha value is -5.35. The molecule has 0 radical (unpaired) electrons. The summed E-state index contributed by atoms with van der Waals surface area (Å²) in [6, 6.07) is 9.17. The summed E-state index contributed by atoms with van der Waals surface area (Å²) >= 11 is 0. The maximum Gasteiger partial charge on any atom is 0.424 e. The standard InChI is InChI=1S/C35H32F4N6O6/c1-17-7-19-8-20(9-23(25(19)41-11-17)43-30(48)45-32-12-33(49,13-32)14-32)28(46)42-15-34(50,35(37,38)39)24-10-22-27(51-16-31(22,2)29(40)47)26(44-24)18-3-5-21(36)6-4-18/h3-11,49-50H,12-16H2,1-2H3,(H2,40,47)(H,42,46)(H2,43,45,48)/t31-,32?,33?,34?/m0/s1. The van der Waals surface area contributed by atoms with E-state index in [9.17, 15) is 42.2 Å². The van der Waals surface area contributed by atoms with Gasteiger partial charge in [-0.1, -0.05) is 0 Å². The number of pyridine rings is 2. The largest absolute Gasteiger partial charge is 0.489 e. The van der Waals surface area contributed by atoms with Gasteiger partial charge in [-0.2, -0.15) is 13.2 Å². The fourth-order valence-electron chi connectivity index (χ4n) is 7.10. The number of benzene rings is 2. The van der Waals surface area contributed by atoms with Gasteiger partial charge >= 0.3 is 12.2 Å². The van der Waals surface area contributed by atoms with Gasteiger partial charge in [0, 0.05) is 28.3 Å². The minimum Gasteiger partial charge on any atom is -0.489 e. The number of fused-ring (bicyclic) bond motifs is 2. The summed E-state index contributed by atoms with van der Waals surface area (Å²) in [6.07, 6.45) is -2.64. The first kappa shape index (κ1) is 34.1. The molecule has 3 fully saturated rings. The quantitative estimate of drug-likeness (QED) is 0.149. The highest BCUT2D eigenvalue weighted by molar-refractivity contribution is 6.06. The molecular weight excluding hydrogens is 676 g/mol. The molecule has 4 amide bonds. The molecule has 3 saturated carbocycles. The van der Waals surface area contributed by atoms with Crippen molar-refractivity contribution >= 4 is 34.4 Å². The van der Waals surface area contributed by atoms with E-state index in [1.54, 1.807) is 19.2 Å². The summed E-state index contributed by atoms with van der Waals surface area (Å²) in [7, 11) is 0. The van der Waals surface area contributed by atoms with E-state index in [4.69, 9.17) is 10.5 Å². The zero-order chi connectivity index (χ0) is 36.7. The van der Waals surface area contributed by atoms with Crippen LogP contribution in [0.1, 0.15) is 53.4 Å². The van der Waals surface area contributed by atoms with Crippen molar-refractivity contribution in [1.82, 2.24) is 20.6 Å². The first-order valence-electron chi connectivity index (χ1n) is 15.9. The minimum absolute atomic E-state index is 0.0609. The number of primary amides is 1. The molecule has 1 aliphatic heterocycles. The van der Waals surface area contributed by atoms with Crippen LogP contribution >= 0.6 is 0 Å². The van der Waals surface area contributed by atoms with E-state index in [0.717, 1.165) is 18.2 Å². The second-order valence-electron chi connectivity index (χ2n) is 14.0. The average Bonchev–Trinajstić information content (AvgIpc) is 3.39. The molecule has 16 heteroatoms. The molecule has 7 N–H and O–H groups in total. The van der Waals surface area contributed by atoms with Crippen molar-refractivity contribution in [2.75, 3.05) is 18.5 Å². The molecule has 8 rings (SSSR count). The van der Waals surface area contributed by atoms with Crippen LogP contribution in [0.25, 0.3) is 22.2 Å². The zero-order valence-electron chi connectivity index (χ0n) is 27.2. The Bertz CT molecular complexity index is 2120. The van der Waals surface area contributed by atoms with Crippen LogP contribution in [0.2, 0.25) is 0 Å². The van der Waals surface area contributed by atoms with Gasteiger partial charge in [0.25, 0.3) is 5.91 Å². The number of aromatic nitrogens is 2. The van der Waals surface area contributed by atoms with E-state index in [0.29, 0.717) is 35.7 Å². The third-order valence-electron chi connectivity index (χ3n) is 9.94. The van der Waals surface area contributed by atoms with Crippen molar-refractivity contribution in [3.63, 3.8) is 0 Å². The Morgan fingerprint density at radius 3 is 2.37 bits per heavy atom. The molecule has 4 aromatic rings. The Kier molecular flexibility index (Phi) is 7.58. The summed E-state index contributed by atoms with van der Waals surface area (Å²) in [6.45, 7) is 1.37. The number of carbonyl (C=O) groups excluding carboxylic acids is 3. The highest BCUT2D eigenvalue weighted by atomic mass is 19.4. The van der Waals surface area contributed by atoms with Crippen molar-refractivity contribution in [3.05, 3.63) is 82.9 Å². The van der Waals surface area contributed by atoms with Gasteiger partial charge < -0.3 is 36.6 Å². The molecule has 2 aromatic carbocycles. The molecule has 2 atom stereocenters. The van der Waals surface area contributed by atoms with Crippen LogP contribution in [0.15, 0.2) is 54.7 Å². The van der Waals surface area contributed by atoms with E-state index in [2.05, 4.69) is 25.9 Å². The lowest BCUT2D eigenvalue weighted by molar-refractivity contribution is -0.265. The number of hydrogen-bond donors (Lipinski definition) is 6. The Labute approximate surface area is 287 Å². The van der Waals surface area contributed by atoms with Gasteiger partial charge in [-0.25, -0.2) is 14.2 Å². The number of halogens is 4. The number of nitrogens with zero attached hydrogens (tertiary/aromatic N) is 2. The molecular formula is C35H32F4N6O6. The Balaban J connectivity index is 1.22. The summed E-state index contributed by atoms with van der Waals surface area (Å²) in [4.78, 5) is 47.4. The maximum absolute atomic E-state index is 14.9. The van der Waals surface area contributed by atoms with E-state index >= 15 is 0 Å². The number of urea groups is 1. The number of carbonyl (C=O) groups is 3. The number of anilines is 1. The van der Waals surface area contributed by atoms with Crippen molar-refractivity contribution in [2.45, 2.75) is 61.4 Å². The predicted molar refractivity (Wildman–Crippen MR) is 174 cm³/mol. The van der Waals surface area contributed by atoms with Crippen molar-refractivity contribution < 1.29 is 46.9 Å². The van der Waals surface area contributed by atoms with Crippen molar-refractivity contribution in [3.8, 4) is 17.0 Å². The predicted octanol–water partition coefficient (Wildman–Crippen LogP) is 3.85. The first-order valence-corrected chi connectivity index (χ1v) is 15.9. The molecule has 12 nitrogen and oxygen atoms in total. The molecule has 4 aliphatic rings. The van der Waals surface area contributed by atoms with Gasteiger partial charge in [0.1, 0.15) is 29.3 Å². The van der Waals surface area contributed by atoms with Crippen molar-refractivity contribution in [2.24, 2.45) is 5.73 Å². The van der Waals surface area contributed by atoms with E-state index < -0.39 is 64.2 Å². The van der Waals surface area contributed by atoms with Crippen LogP contribution < -0.4 is 26.4 Å². The van der Waals surface area contributed by atoms with E-state index in [1.807, 2.05) is 0 Å². The van der Waals surface area contributed by atoms with Crippen LogP contribution in [-0.4, -0.2) is 68.5 Å². The molecule has 3 heterocycles. The van der Waals surface area contributed by atoms with Crippen LogP contribution in [-0.2, 0) is 15.8 Å². The van der Waals surface area contributed by atoms with Crippen LogP contribution in [0.3, 0.4) is 0 Å². The number of alkyl halides is 3. The van der Waals surface area contributed by atoms with Crippen molar-refractivity contribution in [1.29, 1.82) is 0 Å². The number of hydrogen-bond acceptors (Lipinski definition) is 8. The number of ether oxygens (including phenoxy) is 1. The fourth-order valence-corrected chi connectivity index (χ4v) is 7.10. The summed E-state index contributed by atoms with van der Waals surface area (Å²) in [5.41, 5.74) is -1.25. The fraction of sp³-hybridized carbons (Fsp3) is 0.343. The minimum atomic E-state index is -5.42. The second-order valence-corrected chi connectivity index (χ2v) is 14.0. The highest BCUT2D eigenvalue weighted by Gasteiger charge is 2.68. The van der Waals surface area contributed by atoms with Gasteiger partial charge in [0.2, 0.25) is 11.5 Å². The van der Waals surface area contributed by atoms with Crippen LogP contribution in [0.5, 0.6) is 5.75 Å². The van der Waals surface area contributed by atoms with Gasteiger partial charge in [0.15, 0.2) is 0 Å². The summed E-state index contributed by atoms with van der Waals surface area (Å²) < 4.78 is 64.1. The number of rotatable bonds is 8. The van der Waals surface area contributed by atoms with E-state index in [-0.39, 0.29) is 40.4 Å². The normalized spacial score (nSPS) is 24.3. The second kappa shape index (κ2) is 11.3. The molecule has 2 bridgehead atoms. The maximum atomic E-state index is 14.9. The lowest BCUT2D eigenvalue weighted by atomic mass is 9.46. The number of aliphatic hydroxyl groups is 2. The number of nitrogens with one attached hydrogen (secondary N) is 3. The van der Waals surface area contributed by atoms with Gasteiger partial charge in [0.05, 0.1) is 34.6 Å². The SMILES string of the molecule is Cc1cnc2c(NC(=O)NC34CC(O)(C3)C4)cc(C(=O)NCC(O)(c3cc4c(c(-c5ccc(F)cc5)n3)OC[C@]4(C)C(N)=O)C(F)(F)F)cc2c1. The van der Waals surface area contributed by atoms with Gasteiger partial charge in [-0.05, 0) is 87.2 Å². The first-order chi connectivity index (χ1) is 23.8. The Morgan fingerprint density at radius 1 is 1.06 bits per heavy atom. The summed E-state index contributed by atoms with van der Waals surface area (Å²) in [5.74, 6) is -2.63. The van der Waals surface area contributed by atoms with Gasteiger partial charge in [-0.15, -0.1) is 0 Å². The molecule has 0 spiro atoms. The number of nitrogens with two attached hydrogens (primary N) is 1. The van der Waals surface area contributed by atoms with Gasteiger partial charge in [-0.3, -0.25) is 14.6 Å². The zero-order valence-corrected chi connectivity index (χ0v) is 27.2. The third-order valence-corrected chi connectivity index (χ3v) is 9.94. The lowest BCUT2D eigenvalue weighted by Gasteiger charge is -2.67. The summed E-state index contributed by atoms with van der Waals surface area (Å²) in [5, 5.41) is 29.5. The molecule has 2 aromatic heterocycles. The number of amides is 4. The smallest absolute Gasteiger partial charge is 0.424 e. The monoisotopic (exact) mass is 708 g/mol. The topological polar surface area (TPSA) is 189 Å². The van der Waals surface area contributed by atoms with E-state index in [1.165, 1.54) is 31.2 Å². The average molecular weight is 709 g/mol. The van der Waals surface area contributed by atoms with Crippen LogP contribution in [0, 0.1) is 12.7 Å².